The highest BCUT2D eigenvalue weighted by Crippen LogP contribution is 2.21. The molecule has 0 saturated carbocycles. The van der Waals surface area contributed by atoms with E-state index in [-0.39, 0.29) is 11.9 Å². The van der Waals surface area contributed by atoms with Crippen LogP contribution in [-0.4, -0.2) is 17.3 Å². The second-order valence-electron chi connectivity index (χ2n) is 4.10. The highest BCUT2D eigenvalue weighted by molar-refractivity contribution is 9.10. The number of rotatable bonds is 4. The maximum atomic E-state index is 12.1. The molecule has 1 aromatic rings. The van der Waals surface area contributed by atoms with Gasteiger partial charge in [0.25, 0.3) is 5.91 Å². The summed E-state index contributed by atoms with van der Waals surface area (Å²) in [5.41, 5.74) is 0.559. The van der Waals surface area contributed by atoms with Gasteiger partial charge in [0.1, 0.15) is 0 Å². The minimum atomic E-state index is -0.113. The van der Waals surface area contributed by atoms with Crippen molar-refractivity contribution in [2.45, 2.75) is 19.9 Å². The van der Waals surface area contributed by atoms with Crippen molar-refractivity contribution >= 4 is 49.4 Å². The molecule has 0 heterocycles. The zero-order chi connectivity index (χ0) is 13.0. The molecule has 1 aromatic carbocycles. The highest BCUT2D eigenvalue weighted by Gasteiger charge is 2.17. The number of hydrogen-bond acceptors (Lipinski definition) is 1. The molecule has 5 heteroatoms. The van der Waals surface area contributed by atoms with Crippen molar-refractivity contribution in [3.05, 3.63) is 33.3 Å². The van der Waals surface area contributed by atoms with Crippen LogP contribution in [0.3, 0.4) is 0 Å². The van der Waals surface area contributed by atoms with Crippen molar-refractivity contribution in [1.82, 2.24) is 5.32 Å². The van der Waals surface area contributed by atoms with Crippen LogP contribution in [0.15, 0.2) is 22.7 Å². The van der Waals surface area contributed by atoms with E-state index in [9.17, 15) is 4.79 Å². The molecule has 0 fully saturated rings. The molecule has 0 spiro atoms. The summed E-state index contributed by atoms with van der Waals surface area (Å²) in [6.45, 7) is 4.14. The summed E-state index contributed by atoms with van der Waals surface area (Å²) in [7, 11) is 0. The van der Waals surface area contributed by atoms with Crippen LogP contribution in [0.1, 0.15) is 24.2 Å². The third-order valence-electron chi connectivity index (χ3n) is 2.46. The largest absolute Gasteiger partial charge is 0.348 e. The summed E-state index contributed by atoms with van der Waals surface area (Å²) >= 11 is 12.6. The fraction of sp³-hybridized carbons (Fsp3) is 0.417. The molecule has 1 N–H and O–H groups in total. The number of carbonyl (C=O) groups excluding carboxylic acids is 1. The first-order valence-electron chi connectivity index (χ1n) is 5.27. The molecule has 1 amide bonds. The summed E-state index contributed by atoms with van der Waals surface area (Å²) < 4.78 is 0.747. The fourth-order valence-corrected chi connectivity index (χ4v) is 2.81. The van der Waals surface area contributed by atoms with Gasteiger partial charge < -0.3 is 5.32 Å². The Morgan fingerprint density at radius 2 is 2.12 bits per heavy atom. The lowest BCUT2D eigenvalue weighted by Crippen LogP contribution is -2.39. The highest BCUT2D eigenvalue weighted by atomic mass is 79.9. The van der Waals surface area contributed by atoms with Gasteiger partial charge in [-0.1, -0.05) is 41.4 Å². The second-order valence-corrected chi connectivity index (χ2v) is 6.04. The molecular formula is C12H14Br2ClNO. The van der Waals surface area contributed by atoms with Crippen LogP contribution in [0.2, 0.25) is 5.02 Å². The van der Waals surface area contributed by atoms with Crippen LogP contribution in [0.4, 0.5) is 0 Å². The van der Waals surface area contributed by atoms with Crippen molar-refractivity contribution in [2.24, 2.45) is 5.92 Å². The molecule has 0 aliphatic heterocycles. The lowest BCUT2D eigenvalue weighted by molar-refractivity contribution is 0.0931. The minimum absolute atomic E-state index is 0.105. The molecule has 2 nitrogen and oxygen atoms in total. The Bertz CT molecular complexity index is 409. The van der Waals surface area contributed by atoms with E-state index < -0.39 is 0 Å². The minimum Gasteiger partial charge on any atom is -0.348 e. The maximum Gasteiger partial charge on any atom is 0.252 e. The van der Waals surface area contributed by atoms with E-state index in [1.807, 2.05) is 0 Å². The number of halogens is 3. The molecule has 0 radical (unpaired) electrons. The van der Waals surface area contributed by atoms with Gasteiger partial charge in [0, 0.05) is 20.9 Å². The molecule has 17 heavy (non-hydrogen) atoms. The maximum absolute atomic E-state index is 12.1. The molecule has 94 valence electrons. The standard InChI is InChI=1S/C12H14Br2ClNO/c1-7(2)11(6-13)16-12(17)9-5-8(15)3-4-10(9)14/h3-5,7,11H,6H2,1-2H3,(H,16,17). The molecular weight excluding hydrogens is 369 g/mol. The van der Waals surface area contributed by atoms with Gasteiger partial charge in [-0.05, 0) is 40.0 Å². The van der Waals surface area contributed by atoms with Crippen LogP contribution in [-0.2, 0) is 0 Å². The second kappa shape index (κ2) is 6.76. The Hall–Kier alpha value is -0.0600. The predicted molar refractivity (Wildman–Crippen MR) is 79.0 cm³/mol. The average Bonchev–Trinajstić information content (AvgIpc) is 2.28. The zero-order valence-corrected chi connectivity index (χ0v) is 13.6. The Morgan fingerprint density at radius 1 is 1.47 bits per heavy atom. The first-order chi connectivity index (χ1) is 7.95. The number of benzene rings is 1. The first kappa shape index (κ1) is 15.0. The van der Waals surface area contributed by atoms with Crippen molar-refractivity contribution < 1.29 is 4.79 Å². The normalized spacial score (nSPS) is 12.6. The van der Waals surface area contributed by atoms with Crippen molar-refractivity contribution in [2.75, 3.05) is 5.33 Å². The van der Waals surface area contributed by atoms with Crippen molar-refractivity contribution in [3.8, 4) is 0 Å². The Balaban J connectivity index is 2.86. The topological polar surface area (TPSA) is 29.1 Å². The third kappa shape index (κ3) is 4.27. The third-order valence-corrected chi connectivity index (χ3v) is 4.08. The first-order valence-corrected chi connectivity index (χ1v) is 7.56. The predicted octanol–water partition coefficient (Wildman–Crippen LogP) is 4.25. The smallest absolute Gasteiger partial charge is 0.252 e. The van der Waals surface area contributed by atoms with Crippen molar-refractivity contribution in [3.63, 3.8) is 0 Å². The van der Waals surface area contributed by atoms with Crippen LogP contribution in [0.25, 0.3) is 0 Å². The van der Waals surface area contributed by atoms with Gasteiger partial charge in [-0.2, -0.15) is 0 Å². The fourth-order valence-electron chi connectivity index (χ4n) is 1.30. The zero-order valence-electron chi connectivity index (χ0n) is 9.64. The monoisotopic (exact) mass is 381 g/mol. The van der Waals surface area contributed by atoms with E-state index in [1.165, 1.54) is 0 Å². The lowest BCUT2D eigenvalue weighted by Gasteiger charge is -2.20. The Kier molecular flexibility index (Phi) is 5.97. The van der Waals surface area contributed by atoms with Gasteiger partial charge >= 0.3 is 0 Å². The van der Waals surface area contributed by atoms with Gasteiger partial charge in [-0.15, -0.1) is 0 Å². The van der Waals surface area contributed by atoms with Gasteiger partial charge in [0.15, 0.2) is 0 Å². The van der Waals surface area contributed by atoms with Gasteiger partial charge in [-0.25, -0.2) is 0 Å². The Morgan fingerprint density at radius 3 is 2.65 bits per heavy atom. The summed E-state index contributed by atoms with van der Waals surface area (Å²) in [5.74, 6) is 0.258. The quantitative estimate of drug-likeness (QED) is 0.774. The van der Waals surface area contributed by atoms with Gasteiger partial charge in [0.05, 0.1) is 5.56 Å². The molecule has 0 bridgehead atoms. The molecule has 1 atom stereocenters. The summed E-state index contributed by atoms with van der Waals surface area (Å²) in [6.07, 6.45) is 0. The van der Waals surface area contributed by atoms with E-state index in [1.54, 1.807) is 18.2 Å². The molecule has 0 aliphatic carbocycles. The van der Waals surface area contributed by atoms with E-state index in [2.05, 4.69) is 51.0 Å². The number of amides is 1. The molecule has 1 rings (SSSR count). The number of alkyl halides is 1. The summed E-state index contributed by atoms with van der Waals surface area (Å²) in [4.78, 5) is 12.1. The average molecular weight is 384 g/mol. The van der Waals surface area contributed by atoms with E-state index >= 15 is 0 Å². The van der Waals surface area contributed by atoms with Crippen LogP contribution >= 0.6 is 43.5 Å². The van der Waals surface area contributed by atoms with E-state index in [0.29, 0.717) is 16.5 Å². The lowest BCUT2D eigenvalue weighted by atomic mass is 10.1. The van der Waals surface area contributed by atoms with E-state index in [0.717, 1.165) is 9.80 Å². The SMILES string of the molecule is CC(C)C(CBr)NC(=O)c1cc(Cl)ccc1Br. The number of hydrogen-bond donors (Lipinski definition) is 1. The summed E-state index contributed by atoms with van der Waals surface area (Å²) in [6, 6.07) is 5.28. The van der Waals surface area contributed by atoms with Crippen LogP contribution in [0.5, 0.6) is 0 Å². The molecule has 0 aliphatic rings. The van der Waals surface area contributed by atoms with Gasteiger partial charge in [0.2, 0.25) is 0 Å². The molecule has 0 aromatic heterocycles. The van der Waals surface area contributed by atoms with Gasteiger partial charge in [-0.3, -0.25) is 4.79 Å². The van der Waals surface area contributed by atoms with E-state index in [4.69, 9.17) is 11.6 Å². The van der Waals surface area contributed by atoms with Crippen LogP contribution in [0, 0.1) is 5.92 Å². The number of nitrogens with one attached hydrogen (secondary N) is 1. The Labute approximate surface area is 123 Å². The summed E-state index contributed by atoms with van der Waals surface area (Å²) in [5, 5.41) is 4.26. The van der Waals surface area contributed by atoms with Crippen LogP contribution < -0.4 is 5.32 Å². The molecule has 0 saturated heterocycles. The number of carbonyl (C=O) groups is 1. The van der Waals surface area contributed by atoms with Crippen molar-refractivity contribution in [1.29, 1.82) is 0 Å². The molecule has 1 unspecified atom stereocenters.